The van der Waals surface area contributed by atoms with Crippen LogP contribution in [0.1, 0.15) is 161 Å². The lowest BCUT2D eigenvalue weighted by Gasteiger charge is -2.28. The predicted molar refractivity (Wildman–Crippen MR) is 279 cm³/mol. The third kappa shape index (κ3) is 11.1. The van der Waals surface area contributed by atoms with Gasteiger partial charge in [-0.1, -0.05) is 168 Å². The van der Waals surface area contributed by atoms with Crippen molar-refractivity contribution in [3.63, 3.8) is 0 Å². The number of hydrogen-bond acceptors (Lipinski definition) is 6. The van der Waals surface area contributed by atoms with Crippen LogP contribution in [0.15, 0.2) is 97.1 Å². The summed E-state index contributed by atoms with van der Waals surface area (Å²) in [6, 6.07) is 33.9. The van der Waals surface area contributed by atoms with Gasteiger partial charge in [0.15, 0.2) is 0 Å². The lowest BCUT2D eigenvalue weighted by molar-refractivity contribution is 0.214. The van der Waals surface area contributed by atoms with E-state index in [0.29, 0.717) is 38.9 Å². The van der Waals surface area contributed by atoms with Crippen LogP contribution in [-0.2, 0) is 47.3 Å². The Kier molecular flexibility index (Phi) is 13.3. The van der Waals surface area contributed by atoms with E-state index in [1.165, 1.54) is 0 Å². The van der Waals surface area contributed by atoms with Gasteiger partial charge in [0.05, 0.1) is 0 Å². The van der Waals surface area contributed by atoms with Crippen molar-refractivity contribution < 1.29 is 29.2 Å². The Balaban J connectivity index is 1.41. The molecular formula is C62H72O6. The van der Waals surface area contributed by atoms with Gasteiger partial charge in [0.1, 0.15) is 60.9 Å². The molecular weight excluding hydrogens is 841 g/mol. The summed E-state index contributed by atoms with van der Waals surface area (Å²) in [6.45, 7) is 28.0. The molecule has 0 amide bonds. The lowest BCUT2D eigenvalue weighted by atomic mass is 9.79. The second-order valence-electron chi connectivity index (χ2n) is 23.1. The molecule has 356 valence electrons. The first-order valence-corrected chi connectivity index (χ1v) is 24.4. The topological polar surface area (TPSA) is 77.4 Å². The summed E-state index contributed by atoms with van der Waals surface area (Å²) < 4.78 is 26.7. The minimum absolute atomic E-state index is 0.205. The SMILES string of the molecule is CC(C)(C)c1cc2c(O)c(c1)Cc1cc(C(C)(C)C)cc3c1OCCOc1cccc(c1)/C=C\c1cccc(c1)OCCOc1c(cc(C(C)(C)C)cc1Cc1cc(C(C)(C)C)cc(c1O)C3)C2. The van der Waals surface area contributed by atoms with Crippen molar-refractivity contribution in [1.82, 2.24) is 0 Å². The average Bonchev–Trinajstić information content (AvgIpc) is 3.25. The number of phenols is 2. The zero-order valence-electron chi connectivity index (χ0n) is 42.6. The molecule has 1 aliphatic carbocycles. The van der Waals surface area contributed by atoms with Gasteiger partial charge in [-0.05, 0) is 124 Å². The van der Waals surface area contributed by atoms with Crippen LogP contribution >= 0.6 is 0 Å². The largest absolute Gasteiger partial charge is 0.507 e. The first-order chi connectivity index (χ1) is 32.0. The van der Waals surface area contributed by atoms with Crippen molar-refractivity contribution in [2.75, 3.05) is 26.4 Å². The number of hydrogen-bond donors (Lipinski definition) is 2. The number of benzene rings is 6. The molecule has 2 aliphatic heterocycles. The smallest absolute Gasteiger partial charge is 0.126 e. The van der Waals surface area contributed by atoms with Gasteiger partial charge in [-0.15, -0.1) is 0 Å². The maximum atomic E-state index is 12.7. The van der Waals surface area contributed by atoms with Crippen LogP contribution < -0.4 is 18.9 Å². The van der Waals surface area contributed by atoms with Crippen molar-refractivity contribution >= 4 is 12.2 Å². The number of phenolic OH excluding ortho intramolecular Hbond substituents is 2. The molecule has 0 spiro atoms. The maximum Gasteiger partial charge on any atom is 0.126 e. The summed E-state index contributed by atoms with van der Waals surface area (Å²) in [4.78, 5) is 0. The quantitative estimate of drug-likeness (QED) is 0.158. The summed E-state index contributed by atoms with van der Waals surface area (Å²) in [6.07, 6.45) is 5.88. The van der Waals surface area contributed by atoms with Gasteiger partial charge in [-0.3, -0.25) is 0 Å². The molecule has 68 heavy (non-hydrogen) atoms. The molecule has 0 aromatic heterocycles. The Bertz CT molecular complexity index is 2560. The standard InChI is InChI=1S/C62H72O6/c1-59(2,3)49-31-41-27-45-35-51(61(7,8)9)37-47-29-43-33-50(60(4,5)6)34-44(56(43)64)30-48-38-52(62(10,11)12)36-46(28-42(32-49)55(41)63)58(48)68-24-22-66-54-18-14-16-40(26-54)20-19-39-15-13-17-53(25-39)65-21-23-67-57(45)47/h13-20,25-26,31-38,63-64H,21-24,27-30H2,1-12H3/b20-19-. The maximum absolute atomic E-state index is 12.7. The molecule has 2 heterocycles. The first-order valence-electron chi connectivity index (χ1n) is 24.4. The van der Waals surface area contributed by atoms with Crippen molar-refractivity contribution in [3.05, 3.63) is 175 Å². The van der Waals surface area contributed by atoms with Gasteiger partial charge in [-0.2, -0.15) is 0 Å². The first kappa shape index (κ1) is 48.3. The van der Waals surface area contributed by atoms with Crippen LogP contribution in [0.4, 0.5) is 0 Å². The summed E-state index contributed by atoms with van der Waals surface area (Å²) in [7, 11) is 0. The van der Waals surface area contributed by atoms with Crippen LogP contribution in [-0.4, -0.2) is 36.6 Å². The fraction of sp³-hybridized carbons (Fsp3) is 0.387. The number of rotatable bonds is 0. The summed E-state index contributed by atoms with van der Waals surface area (Å²) >= 11 is 0. The molecule has 0 atom stereocenters. The highest BCUT2D eigenvalue weighted by Gasteiger charge is 2.29. The molecule has 0 saturated carbocycles. The molecule has 6 nitrogen and oxygen atoms in total. The highest BCUT2D eigenvalue weighted by molar-refractivity contribution is 5.71. The molecule has 3 aliphatic rings. The Morgan fingerprint density at radius 3 is 0.882 bits per heavy atom. The van der Waals surface area contributed by atoms with E-state index >= 15 is 0 Å². The van der Waals surface area contributed by atoms with E-state index in [1.807, 2.05) is 36.4 Å². The van der Waals surface area contributed by atoms with Crippen LogP contribution in [0, 0.1) is 0 Å². The third-order valence-electron chi connectivity index (χ3n) is 13.4. The average molecular weight is 913 g/mol. The van der Waals surface area contributed by atoms with Gasteiger partial charge < -0.3 is 29.2 Å². The second kappa shape index (κ2) is 18.7. The highest BCUT2D eigenvalue weighted by Crippen LogP contribution is 2.44. The van der Waals surface area contributed by atoms with Gasteiger partial charge in [0.25, 0.3) is 0 Å². The van der Waals surface area contributed by atoms with Crippen LogP contribution in [0.25, 0.3) is 12.2 Å². The summed E-state index contributed by atoms with van der Waals surface area (Å²) in [5, 5.41) is 25.3. The molecule has 9 rings (SSSR count). The Morgan fingerprint density at radius 2 is 0.603 bits per heavy atom. The van der Waals surface area contributed by atoms with E-state index in [9.17, 15) is 10.2 Å². The van der Waals surface area contributed by atoms with Gasteiger partial charge in [0.2, 0.25) is 0 Å². The van der Waals surface area contributed by atoms with Gasteiger partial charge in [-0.25, -0.2) is 0 Å². The summed E-state index contributed by atoms with van der Waals surface area (Å²) in [5.74, 6) is 3.55. The van der Waals surface area contributed by atoms with E-state index in [2.05, 4.69) is 156 Å². The fourth-order valence-electron chi connectivity index (χ4n) is 9.23. The Morgan fingerprint density at radius 1 is 0.338 bits per heavy atom. The fourth-order valence-corrected chi connectivity index (χ4v) is 9.23. The molecule has 2 N–H and O–H groups in total. The van der Waals surface area contributed by atoms with Crippen LogP contribution in [0.2, 0.25) is 0 Å². The number of aromatic hydroxyl groups is 2. The van der Waals surface area contributed by atoms with Crippen molar-refractivity contribution in [3.8, 4) is 34.5 Å². The summed E-state index contributed by atoms with van der Waals surface area (Å²) in [5.41, 5.74) is 13.0. The highest BCUT2D eigenvalue weighted by atomic mass is 16.5. The minimum Gasteiger partial charge on any atom is -0.507 e. The van der Waals surface area contributed by atoms with Gasteiger partial charge >= 0.3 is 0 Å². The molecule has 6 aromatic rings. The zero-order chi connectivity index (χ0) is 48.8. The van der Waals surface area contributed by atoms with Crippen molar-refractivity contribution in [2.24, 2.45) is 0 Å². The molecule has 6 aromatic carbocycles. The Hall–Kier alpha value is -6.14. The van der Waals surface area contributed by atoms with Crippen molar-refractivity contribution in [1.29, 1.82) is 0 Å². The van der Waals surface area contributed by atoms with E-state index in [1.54, 1.807) is 0 Å². The second-order valence-corrected chi connectivity index (χ2v) is 23.1. The molecule has 6 heteroatoms. The van der Waals surface area contributed by atoms with Crippen LogP contribution in [0.3, 0.4) is 0 Å². The van der Waals surface area contributed by atoms with E-state index in [-0.39, 0.29) is 46.4 Å². The third-order valence-corrected chi connectivity index (χ3v) is 13.4. The molecule has 0 fully saturated rings. The molecule has 0 saturated heterocycles. The zero-order valence-corrected chi connectivity index (χ0v) is 42.6. The lowest BCUT2D eigenvalue weighted by Crippen LogP contribution is -2.18. The normalized spacial score (nSPS) is 15.3. The van der Waals surface area contributed by atoms with E-state index in [0.717, 1.165) is 101 Å². The molecule has 14 bridgehead atoms. The monoisotopic (exact) mass is 913 g/mol. The Labute approximate surface area is 406 Å². The van der Waals surface area contributed by atoms with Crippen molar-refractivity contribution in [2.45, 2.75) is 130 Å². The van der Waals surface area contributed by atoms with E-state index in [4.69, 9.17) is 18.9 Å². The van der Waals surface area contributed by atoms with Crippen LogP contribution in [0.5, 0.6) is 34.5 Å². The van der Waals surface area contributed by atoms with Gasteiger partial charge in [0, 0.05) is 25.7 Å². The predicted octanol–water partition coefficient (Wildman–Crippen LogP) is 14.4. The van der Waals surface area contributed by atoms with E-state index < -0.39 is 0 Å². The molecule has 0 unspecified atom stereocenters. The molecule has 0 radical (unpaired) electrons. The number of ether oxygens (including phenoxy) is 4. The number of fused-ring (bicyclic) bond motifs is 6. The minimum atomic E-state index is -0.210.